The number of amides is 1. The third-order valence-corrected chi connectivity index (χ3v) is 3.60. The summed E-state index contributed by atoms with van der Waals surface area (Å²) in [7, 11) is 3.40. The molecule has 0 N–H and O–H groups in total. The van der Waals surface area contributed by atoms with Crippen molar-refractivity contribution in [3.63, 3.8) is 0 Å². The van der Waals surface area contributed by atoms with E-state index in [-0.39, 0.29) is 22.8 Å². The predicted octanol–water partition coefficient (Wildman–Crippen LogP) is 1.98. The number of halogens is 2. The molecule has 3 rings (SSSR count). The van der Waals surface area contributed by atoms with Gasteiger partial charge in [0.1, 0.15) is 11.3 Å². The molecule has 24 heavy (non-hydrogen) atoms. The number of carbonyl (C=O) groups excluding carboxylic acids is 1. The number of aromatic nitrogens is 5. The fraction of sp³-hybridized carbons (Fsp3) is 0.333. The zero-order valence-corrected chi connectivity index (χ0v) is 13.4. The summed E-state index contributed by atoms with van der Waals surface area (Å²) >= 11 is 0. The lowest BCUT2D eigenvalue weighted by Crippen LogP contribution is -2.26. The van der Waals surface area contributed by atoms with E-state index in [9.17, 15) is 13.6 Å². The van der Waals surface area contributed by atoms with Gasteiger partial charge in [0, 0.05) is 26.0 Å². The topological polar surface area (TPSA) is 68.3 Å². The molecule has 126 valence electrons. The molecular weight excluding hydrogens is 318 g/mol. The van der Waals surface area contributed by atoms with Crippen molar-refractivity contribution < 1.29 is 13.6 Å². The van der Waals surface area contributed by atoms with Crippen LogP contribution in [-0.4, -0.2) is 42.2 Å². The van der Waals surface area contributed by atoms with Gasteiger partial charge in [0.15, 0.2) is 5.65 Å². The summed E-state index contributed by atoms with van der Waals surface area (Å²) < 4.78 is 28.9. The van der Waals surface area contributed by atoms with Gasteiger partial charge in [-0.3, -0.25) is 9.48 Å². The Labute approximate surface area is 136 Å². The summed E-state index contributed by atoms with van der Waals surface area (Å²) in [4.78, 5) is 18.3. The van der Waals surface area contributed by atoms with Crippen molar-refractivity contribution in [2.24, 2.45) is 7.05 Å². The minimum Gasteiger partial charge on any atom is -0.336 e. The Kier molecular flexibility index (Phi) is 4.00. The number of hydrogen-bond donors (Lipinski definition) is 0. The van der Waals surface area contributed by atoms with E-state index in [1.807, 2.05) is 0 Å². The monoisotopic (exact) mass is 334 g/mol. The van der Waals surface area contributed by atoms with Crippen molar-refractivity contribution in [3.05, 3.63) is 47.2 Å². The summed E-state index contributed by atoms with van der Waals surface area (Å²) in [6, 6.07) is 3.06. The lowest BCUT2D eigenvalue weighted by atomic mass is 10.2. The lowest BCUT2D eigenvalue weighted by molar-refractivity contribution is 0.0784. The highest BCUT2D eigenvalue weighted by atomic mass is 19.3. The van der Waals surface area contributed by atoms with Gasteiger partial charge in [-0.15, -0.1) is 0 Å². The number of hydrogen-bond acceptors (Lipinski definition) is 4. The fourth-order valence-corrected chi connectivity index (χ4v) is 2.49. The predicted molar refractivity (Wildman–Crippen MR) is 81.7 cm³/mol. The maximum atomic E-state index is 13.1. The molecule has 0 unspecified atom stereocenters. The summed E-state index contributed by atoms with van der Waals surface area (Å²) in [6.45, 7) is 1.90. The molecule has 0 aliphatic heterocycles. The Bertz CT molecular complexity index is 901. The minimum atomic E-state index is -2.71. The van der Waals surface area contributed by atoms with E-state index in [2.05, 4.69) is 15.2 Å². The molecule has 7 nitrogen and oxygen atoms in total. The molecule has 3 aromatic rings. The first-order valence-electron chi connectivity index (χ1n) is 7.24. The average molecular weight is 334 g/mol. The number of carbonyl (C=O) groups is 1. The minimum absolute atomic E-state index is 0.128. The molecule has 3 heterocycles. The van der Waals surface area contributed by atoms with Crippen LogP contribution in [0.15, 0.2) is 24.5 Å². The number of aryl methyl sites for hydroxylation is 2. The van der Waals surface area contributed by atoms with Gasteiger partial charge in [0.25, 0.3) is 12.3 Å². The van der Waals surface area contributed by atoms with Crippen LogP contribution in [0, 0.1) is 6.92 Å². The smallest absolute Gasteiger partial charge is 0.280 e. The van der Waals surface area contributed by atoms with Gasteiger partial charge in [0.2, 0.25) is 0 Å². The van der Waals surface area contributed by atoms with Crippen LogP contribution < -0.4 is 0 Å². The summed E-state index contributed by atoms with van der Waals surface area (Å²) in [6.07, 6.45) is 0.344. The number of rotatable bonds is 4. The van der Waals surface area contributed by atoms with Gasteiger partial charge in [-0.1, -0.05) is 0 Å². The Morgan fingerprint density at radius 2 is 2.17 bits per heavy atom. The largest absolute Gasteiger partial charge is 0.336 e. The molecule has 9 heteroatoms. The Hall–Kier alpha value is -2.84. The van der Waals surface area contributed by atoms with Crippen molar-refractivity contribution in [1.82, 2.24) is 29.3 Å². The third kappa shape index (κ3) is 2.84. The van der Waals surface area contributed by atoms with Crippen molar-refractivity contribution in [3.8, 4) is 0 Å². The van der Waals surface area contributed by atoms with E-state index in [1.54, 1.807) is 38.0 Å². The Morgan fingerprint density at radius 3 is 2.79 bits per heavy atom. The lowest BCUT2D eigenvalue weighted by Gasteiger charge is -2.15. The molecule has 3 aromatic heterocycles. The van der Waals surface area contributed by atoms with Crippen LogP contribution in [0.2, 0.25) is 0 Å². The van der Waals surface area contributed by atoms with Crippen LogP contribution in [0.3, 0.4) is 0 Å². The summed E-state index contributed by atoms with van der Waals surface area (Å²) in [5.74, 6) is -0.353. The van der Waals surface area contributed by atoms with Crippen molar-refractivity contribution >= 4 is 11.6 Å². The molecule has 0 bridgehead atoms. The highest BCUT2D eigenvalue weighted by Gasteiger charge is 2.22. The highest BCUT2D eigenvalue weighted by molar-refractivity contribution is 5.99. The van der Waals surface area contributed by atoms with Gasteiger partial charge in [0.05, 0.1) is 18.4 Å². The van der Waals surface area contributed by atoms with Crippen LogP contribution in [-0.2, 0) is 13.6 Å². The first-order valence-corrected chi connectivity index (χ1v) is 7.24. The van der Waals surface area contributed by atoms with Crippen molar-refractivity contribution in [2.75, 3.05) is 7.05 Å². The first kappa shape index (κ1) is 16.0. The zero-order chi connectivity index (χ0) is 17.4. The Balaban J connectivity index is 1.95. The molecule has 0 atom stereocenters. The van der Waals surface area contributed by atoms with E-state index in [4.69, 9.17) is 0 Å². The van der Waals surface area contributed by atoms with E-state index < -0.39 is 6.43 Å². The summed E-state index contributed by atoms with van der Waals surface area (Å²) in [5, 5.41) is 8.12. The second-order valence-corrected chi connectivity index (χ2v) is 5.56. The number of fused-ring (bicyclic) bond motifs is 1. The van der Waals surface area contributed by atoms with Crippen LogP contribution in [0.5, 0.6) is 0 Å². The quantitative estimate of drug-likeness (QED) is 0.732. The molecule has 0 aliphatic rings. The van der Waals surface area contributed by atoms with Crippen LogP contribution in [0.4, 0.5) is 8.78 Å². The molecule has 0 saturated heterocycles. The van der Waals surface area contributed by atoms with Crippen molar-refractivity contribution in [2.45, 2.75) is 19.9 Å². The molecule has 0 radical (unpaired) electrons. The molecule has 0 fully saturated rings. The fourth-order valence-electron chi connectivity index (χ4n) is 2.49. The van der Waals surface area contributed by atoms with E-state index in [0.717, 1.165) is 10.2 Å². The maximum Gasteiger partial charge on any atom is 0.280 e. The molecule has 0 aliphatic carbocycles. The molecule has 1 amide bonds. The molecule has 0 saturated carbocycles. The molecule has 0 spiro atoms. The SMILES string of the molecule is Cc1cc(C(F)F)n2ncc(C(=O)N(C)Cc3ccn(C)n3)c2n1. The normalized spacial score (nSPS) is 11.4. The second kappa shape index (κ2) is 5.99. The first-order chi connectivity index (χ1) is 11.4. The van der Waals surface area contributed by atoms with Gasteiger partial charge in [-0.25, -0.2) is 18.3 Å². The third-order valence-electron chi connectivity index (χ3n) is 3.60. The summed E-state index contributed by atoms with van der Waals surface area (Å²) in [5.41, 5.74) is 1.15. The van der Waals surface area contributed by atoms with E-state index >= 15 is 0 Å². The van der Waals surface area contributed by atoms with E-state index in [0.29, 0.717) is 12.2 Å². The van der Waals surface area contributed by atoms with Gasteiger partial charge in [-0.05, 0) is 19.1 Å². The standard InChI is InChI=1S/C15H16F2N6O/c1-9-6-12(13(16)17)23-14(19-9)11(7-18-23)15(24)21(2)8-10-4-5-22(3)20-10/h4-7,13H,8H2,1-3H3. The molecular formula is C15H16F2N6O. The van der Waals surface area contributed by atoms with Gasteiger partial charge in [-0.2, -0.15) is 10.2 Å². The van der Waals surface area contributed by atoms with Crippen molar-refractivity contribution in [1.29, 1.82) is 0 Å². The van der Waals surface area contributed by atoms with Gasteiger partial charge < -0.3 is 4.90 Å². The van der Waals surface area contributed by atoms with Crippen LogP contribution >= 0.6 is 0 Å². The van der Waals surface area contributed by atoms with Gasteiger partial charge >= 0.3 is 0 Å². The number of nitrogens with zero attached hydrogens (tertiary/aromatic N) is 6. The second-order valence-electron chi connectivity index (χ2n) is 5.56. The number of alkyl halides is 2. The average Bonchev–Trinajstić information content (AvgIpc) is 3.11. The van der Waals surface area contributed by atoms with Crippen LogP contribution in [0.25, 0.3) is 5.65 Å². The maximum absolute atomic E-state index is 13.1. The van der Waals surface area contributed by atoms with E-state index in [1.165, 1.54) is 17.2 Å². The highest BCUT2D eigenvalue weighted by Crippen LogP contribution is 2.22. The zero-order valence-electron chi connectivity index (χ0n) is 13.4. The Morgan fingerprint density at radius 1 is 1.42 bits per heavy atom. The molecule has 0 aromatic carbocycles. The van der Waals surface area contributed by atoms with Crippen LogP contribution in [0.1, 0.15) is 33.9 Å².